The number of hydrogen-bond acceptors (Lipinski definition) is 4. The average molecular weight is 279 g/mol. The summed E-state index contributed by atoms with van der Waals surface area (Å²) in [6.07, 6.45) is 1.63. The highest BCUT2D eigenvalue weighted by molar-refractivity contribution is 5.48. The van der Waals surface area contributed by atoms with E-state index in [9.17, 15) is 5.11 Å². The number of methoxy groups -OCH3 is 1. The first kappa shape index (κ1) is 15.1. The minimum Gasteiger partial charge on any atom is -0.496 e. The number of ether oxygens (including phenoxy) is 2. The van der Waals surface area contributed by atoms with E-state index in [0.29, 0.717) is 6.54 Å². The van der Waals surface area contributed by atoms with Crippen LogP contribution in [0.3, 0.4) is 0 Å². The molecule has 0 spiro atoms. The lowest BCUT2D eigenvalue weighted by atomic mass is 10.1. The fourth-order valence-corrected chi connectivity index (χ4v) is 2.69. The largest absolute Gasteiger partial charge is 0.496 e. The van der Waals surface area contributed by atoms with E-state index in [0.717, 1.165) is 29.9 Å². The van der Waals surface area contributed by atoms with Gasteiger partial charge in [-0.25, -0.2) is 0 Å². The van der Waals surface area contributed by atoms with Crippen LogP contribution in [0.5, 0.6) is 11.5 Å². The molecule has 20 heavy (non-hydrogen) atoms. The van der Waals surface area contributed by atoms with Crippen molar-refractivity contribution in [1.29, 1.82) is 0 Å². The van der Waals surface area contributed by atoms with Crippen molar-refractivity contribution in [1.82, 2.24) is 5.32 Å². The number of benzene rings is 1. The maximum absolute atomic E-state index is 9.39. The molecule has 0 saturated carbocycles. The maximum Gasteiger partial charge on any atom is 0.123 e. The fourth-order valence-electron chi connectivity index (χ4n) is 2.69. The highest BCUT2D eigenvalue weighted by Gasteiger charge is 2.21. The Balaban J connectivity index is 2.06. The standard InChI is InChI=1S/C16H25NO3/c1-10(5-11(2)18)17-9-14-8-16-13(6-12(3)20-16)7-15(14)19-4/h7-8,10-12,17-18H,5-6,9H2,1-4H3. The number of aliphatic hydroxyl groups excluding tert-OH is 1. The lowest BCUT2D eigenvalue weighted by Gasteiger charge is -2.17. The third kappa shape index (κ3) is 3.64. The molecule has 0 amide bonds. The van der Waals surface area contributed by atoms with Gasteiger partial charge in [0.15, 0.2) is 0 Å². The Hall–Kier alpha value is -1.26. The second-order valence-electron chi connectivity index (χ2n) is 5.77. The van der Waals surface area contributed by atoms with Crippen molar-refractivity contribution in [3.63, 3.8) is 0 Å². The zero-order chi connectivity index (χ0) is 14.7. The van der Waals surface area contributed by atoms with Gasteiger partial charge in [-0.05, 0) is 39.3 Å². The molecule has 1 aromatic carbocycles. The topological polar surface area (TPSA) is 50.7 Å². The predicted octanol–water partition coefficient (Wildman–Crippen LogP) is 2.27. The van der Waals surface area contributed by atoms with Gasteiger partial charge in [0.05, 0.1) is 13.2 Å². The first-order chi connectivity index (χ1) is 9.49. The van der Waals surface area contributed by atoms with Gasteiger partial charge in [0.25, 0.3) is 0 Å². The summed E-state index contributed by atoms with van der Waals surface area (Å²) in [7, 11) is 1.70. The van der Waals surface area contributed by atoms with Crippen LogP contribution in [0.2, 0.25) is 0 Å². The molecule has 0 aliphatic carbocycles. The normalized spacial score (nSPS) is 20.1. The molecule has 1 aliphatic heterocycles. The Morgan fingerprint density at radius 1 is 1.45 bits per heavy atom. The quantitative estimate of drug-likeness (QED) is 0.838. The molecule has 0 saturated heterocycles. The minimum atomic E-state index is -0.288. The summed E-state index contributed by atoms with van der Waals surface area (Å²) in [6.45, 7) is 6.67. The Morgan fingerprint density at radius 3 is 2.85 bits per heavy atom. The van der Waals surface area contributed by atoms with Crippen molar-refractivity contribution < 1.29 is 14.6 Å². The van der Waals surface area contributed by atoms with Gasteiger partial charge in [0.1, 0.15) is 17.6 Å². The van der Waals surface area contributed by atoms with Crippen LogP contribution in [-0.4, -0.2) is 30.5 Å². The summed E-state index contributed by atoms with van der Waals surface area (Å²) in [5.74, 6) is 1.87. The van der Waals surface area contributed by atoms with Crippen LogP contribution in [0, 0.1) is 0 Å². The van der Waals surface area contributed by atoms with Gasteiger partial charge in [-0.2, -0.15) is 0 Å². The molecule has 112 valence electrons. The molecule has 1 heterocycles. The van der Waals surface area contributed by atoms with E-state index >= 15 is 0 Å². The van der Waals surface area contributed by atoms with Crippen LogP contribution >= 0.6 is 0 Å². The molecule has 4 heteroatoms. The summed E-state index contributed by atoms with van der Waals surface area (Å²) in [4.78, 5) is 0. The van der Waals surface area contributed by atoms with Gasteiger partial charge in [-0.15, -0.1) is 0 Å². The number of hydrogen-bond donors (Lipinski definition) is 2. The van der Waals surface area contributed by atoms with Crippen LogP contribution in [-0.2, 0) is 13.0 Å². The predicted molar refractivity (Wildman–Crippen MR) is 79.4 cm³/mol. The van der Waals surface area contributed by atoms with Gasteiger partial charge in [-0.3, -0.25) is 0 Å². The Labute approximate surface area is 121 Å². The van der Waals surface area contributed by atoms with Crippen molar-refractivity contribution in [3.05, 3.63) is 23.3 Å². The highest BCUT2D eigenvalue weighted by Crippen LogP contribution is 2.34. The molecule has 4 nitrogen and oxygen atoms in total. The molecular formula is C16H25NO3. The second kappa shape index (κ2) is 6.46. The number of nitrogens with one attached hydrogen (secondary N) is 1. The number of aliphatic hydroxyl groups is 1. The molecule has 1 aromatic rings. The van der Waals surface area contributed by atoms with E-state index in [1.54, 1.807) is 7.11 Å². The summed E-state index contributed by atoms with van der Waals surface area (Å²) >= 11 is 0. The van der Waals surface area contributed by atoms with Crippen molar-refractivity contribution >= 4 is 0 Å². The van der Waals surface area contributed by atoms with Crippen molar-refractivity contribution in [2.24, 2.45) is 0 Å². The first-order valence-electron chi connectivity index (χ1n) is 7.27. The molecule has 2 rings (SSSR count). The van der Waals surface area contributed by atoms with E-state index in [-0.39, 0.29) is 18.2 Å². The molecular weight excluding hydrogens is 254 g/mol. The summed E-state index contributed by atoms with van der Waals surface area (Å²) < 4.78 is 11.3. The van der Waals surface area contributed by atoms with Gasteiger partial charge >= 0.3 is 0 Å². The lowest BCUT2D eigenvalue weighted by Crippen LogP contribution is -2.28. The van der Waals surface area contributed by atoms with Gasteiger partial charge in [0, 0.05) is 30.1 Å². The van der Waals surface area contributed by atoms with Crippen molar-refractivity contribution in [2.75, 3.05) is 7.11 Å². The van der Waals surface area contributed by atoms with E-state index in [2.05, 4.69) is 31.3 Å². The smallest absolute Gasteiger partial charge is 0.123 e. The molecule has 0 radical (unpaired) electrons. The summed E-state index contributed by atoms with van der Waals surface area (Å²) in [5.41, 5.74) is 2.31. The minimum absolute atomic E-state index is 0.243. The lowest BCUT2D eigenvalue weighted by molar-refractivity contribution is 0.170. The third-order valence-corrected chi connectivity index (χ3v) is 3.63. The van der Waals surface area contributed by atoms with Crippen LogP contribution in [0.1, 0.15) is 38.3 Å². The van der Waals surface area contributed by atoms with Crippen LogP contribution < -0.4 is 14.8 Å². The zero-order valence-corrected chi connectivity index (χ0v) is 12.8. The molecule has 2 N–H and O–H groups in total. The fraction of sp³-hybridized carbons (Fsp3) is 0.625. The summed E-state index contributed by atoms with van der Waals surface area (Å²) in [6, 6.07) is 4.40. The molecule has 3 unspecified atom stereocenters. The molecule has 1 aliphatic rings. The van der Waals surface area contributed by atoms with Crippen LogP contribution in [0.4, 0.5) is 0 Å². The van der Waals surface area contributed by atoms with Crippen molar-refractivity contribution in [3.8, 4) is 11.5 Å². The molecule has 0 bridgehead atoms. The van der Waals surface area contributed by atoms with Gasteiger partial charge in [0.2, 0.25) is 0 Å². The maximum atomic E-state index is 9.39. The molecule has 3 atom stereocenters. The van der Waals surface area contributed by atoms with Gasteiger partial charge in [-0.1, -0.05) is 0 Å². The molecule has 0 fully saturated rings. The summed E-state index contributed by atoms with van der Waals surface area (Å²) in [5, 5.41) is 12.8. The van der Waals surface area contributed by atoms with Crippen molar-refractivity contribution in [2.45, 2.75) is 58.4 Å². The number of fused-ring (bicyclic) bond motifs is 1. The third-order valence-electron chi connectivity index (χ3n) is 3.63. The van der Waals surface area contributed by atoms with E-state index in [1.165, 1.54) is 5.56 Å². The molecule has 0 aromatic heterocycles. The Morgan fingerprint density at radius 2 is 2.20 bits per heavy atom. The van der Waals surface area contributed by atoms with E-state index in [1.807, 2.05) is 6.92 Å². The second-order valence-corrected chi connectivity index (χ2v) is 5.77. The SMILES string of the molecule is COc1cc2c(cc1CNC(C)CC(C)O)OC(C)C2. The van der Waals surface area contributed by atoms with Crippen LogP contribution in [0.15, 0.2) is 12.1 Å². The van der Waals surface area contributed by atoms with Crippen LogP contribution in [0.25, 0.3) is 0 Å². The zero-order valence-electron chi connectivity index (χ0n) is 12.8. The highest BCUT2D eigenvalue weighted by atomic mass is 16.5. The first-order valence-corrected chi connectivity index (χ1v) is 7.27. The number of rotatable bonds is 6. The average Bonchev–Trinajstić information content (AvgIpc) is 2.73. The van der Waals surface area contributed by atoms with E-state index in [4.69, 9.17) is 9.47 Å². The Bertz CT molecular complexity index is 459. The Kier molecular flexibility index (Phi) is 4.89. The van der Waals surface area contributed by atoms with Gasteiger partial charge < -0.3 is 19.9 Å². The monoisotopic (exact) mass is 279 g/mol. The van der Waals surface area contributed by atoms with E-state index < -0.39 is 0 Å².